The third kappa shape index (κ3) is 4.13. The Kier molecular flexibility index (Phi) is 5.79. The van der Waals surface area contributed by atoms with Crippen LogP contribution in [0.15, 0.2) is 82.1 Å². The molecule has 0 aliphatic heterocycles. The summed E-state index contributed by atoms with van der Waals surface area (Å²) in [5.41, 5.74) is 2.82. The van der Waals surface area contributed by atoms with Gasteiger partial charge in [-0.15, -0.1) is 0 Å². The molecule has 0 N–H and O–H groups in total. The van der Waals surface area contributed by atoms with Crippen LogP contribution in [0.3, 0.4) is 0 Å². The van der Waals surface area contributed by atoms with Gasteiger partial charge < -0.3 is 13.9 Å². The van der Waals surface area contributed by atoms with Crippen molar-refractivity contribution in [2.75, 3.05) is 13.7 Å². The topological polar surface area (TPSA) is 74.5 Å². The van der Waals surface area contributed by atoms with Gasteiger partial charge in [0.1, 0.15) is 22.8 Å². The first-order chi connectivity index (χ1) is 16.7. The van der Waals surface area contributed by atoms with Crippen molar-refractivity contribution >= 4 is 34.0 Å². The van der Waals surface area contributed by atoms with Crippen LogP contribution in [0, 0.1) is 0 Å². The van der Waals surface area contributed by atoms with E-state index in [4.69, 9.17) is 18.9 Å². The standard InChI is InChI=1S/C28H22N2O4/c1-3-33-21-10-12-22-26(17-21)34-25(27(28(22)31)24-6-4-5-15-29-24)14-9-19-8-7-18-16-20(32-2)11-13-23(18)30-19/h4-17H,3H2,1-2H3. The lowest BCUT2D eigenvalue weighted by molar-refractivity contribution is 0.340. The zero-order valence-electron chi connectivity index (χ0n) is 18.8. The number of hydrogen-bond acceptors (Lipinski definition) is 6. The zero-order valence-corrected chi connectivity index (χ0v) is 18.8. The van der Waals surface area contributed by atoms with Crippen LogP contribution >= 0.6 is 0 Å². The zero-order chi connectivity index (χ0) is 23.5. The molecule has 168 valence electrons. The maximum absolute atomic E-state index is 13.5. The molecule has 2 aromatic carbocycles. The minimum atomic E-state index is -0.152. The first-order valence-corrected chi connectivity index (χ1v) is 10.9. The summed E-state index contributed by atoms with van der Waals surface area (Å²) >= 11 is 0. The van der Waals surface area contributed by atoms with E-state index in [1.54, 1.807) is 43.6 Å². The number of ether oxygens (including phenoxy) is 2. The van der Waals surface area contributed by atoms with Gasteiger partial charge in [0.15, 0.2) is 0 Å². The molecule has 0 saturated heterocycles. The molecule has 0 spiro atoms. The van der Waals surface area contributed by atoms with E-state index in [0.29, 0.717) is 40.3 Å². The molecule has 6 heteroatoms. The number of benzene rings is 2. The molecule has 0 saturated carbocycles. The predicted molar refractivity (Wildman–Crippen MR) is 134 cm³/mol. The highest BCUT2D eigenvalue weighted by Gasteiger charge is 2.16. The normalized spacial score (nSPS) is 11.4. The second-order valence-electron chi connectivity index (χ2n) is 7.60. The maximum atomic E-state index is 13.5. The van der Waals surface area contributed by atoms with Gasteiger partial charge in [0.25, 0.3) is 0 Å². The third-order valence-corrected chi connectivity index (χ3v) is 5.45. The monoisotopic (exact) mass is 450 g/mol. The lowest BCUT2D eigenvalue weighted by Crippen LogP contribution is -2.08. The average Bonchev–Trinajstić information content (AvgIpc) is 2.87. The smallest absolute Gasteiger partial charge is 0.202 e. The summed E-state index contributed by atoms with van der Waals surface area (Å²) in [4.78, 5) is 22.5. The molecule has 0 aliphatic rings. The molecule has 6 nitrogen and oxygen atoms in total. The minimum Gasteiger partial charge on any atom is -0.497 e. The van der Waals surface area contributed by atoms with Crippen LogP contribution in [-0.2, 0) is 0 Å². The van der Waals surface area contributed by atoms with Gasteiger partial charge in [0, 0.05) is 17.6 Å². The fraction of sp³-hybridized carbons (Fsp3) is 0.107. The maximum Gasteiger partial charge on any atom is 0.202 e. The molecule has 5 aromatic rings. The van der Waals surface area contributed by atoms with Gasteiger partial charge in [-0.2, -0.15) is 0 Å². The number of hydrogen-bond donors (Lipinski definition) is 0. The molecule has 0 amide bonds. The number of nitrogens with zero attached hydrogens (tertiary/aromatic N) is 2. The first kappa shape index (κ1) is 21.4. The lowest BCUT2D eigenvalue weighted by Gasteiger charge is -2.09. The summed E-state index contributed by atoms with van der Waals surface area (Å²) in [6, 6.07) is 20.3. The van der Waals surface area contributed by atoms with Gasteiger partial charge in [-0.3, -0.25) is 9.78 Å². The number of methoxy groups -OCH3 is 1. The van der Waals surface area contributed by atoms with Crippen molar-refractivity contribution in [1.82, 2.24) is 9.97 Å². The second kappa shape index (κ2) is 9.19. The fourth-order valence-electron chi connectivity index (χ4n) is 3.82. The van der Waals surface area contributed by atoms with Crippen molar-refractivity contribution < 1.29 is 13.9 Å². The molecular formula is C28H22N2O4. The van der Waals surface area contributed by atoms with E-state index < -0.39 is 0 Å². The molecule has 0 radical (unpaired) electrons. The Hall–Kier alpha value is -4.45. The molecule has 0 atom stereocenters. The molecule has 3 heterocycles. The Morgan fingerprint density at radius 3 is 2.65 bits per heavy atom. The predicted octanol–water partition coefficient (Wildman–Crippen LogP) is 5.98. The molecule has 5 rings (SSSR count). The van der Waals surface area contributed by atoms with Crippen molar-refractivity contribution in [2.45, 2.75) is 6.92 Å². The van der Waals surface area contributed by atoms with Crippen LogP contribution in [0.1, 0.15) is 18.4 Å². The molecule has 0 aliphatic carbocycles. The van der Waals surface area contributed by atoms with Crippen molar-refractivity contribution in [3.8, 4) is 22.8 Å². The van der Waals surface area contributed by atoms with Crippen LogP contribution in [0.5, 0.6) is 11.5 Å². The largest absolute Gasteiger partial charge is 0.497 e. The van der Waals surface area contributed by atoms with Gasteiger partial charge in [0.2, 0.25) is 5.43 Å². The van der Waals surface area contributed by atoms with Gasteiger partial charge in [-0.1, -0.05) is 12.1 Å². The van der Waals surface area contributed by atoms with E-state index in [1.165, 1.54) is 0 Å². The van der Waals surface area contributed by atoms with E-state index >= 15 is 0 Å². The highest BCUT2D eigenvalue weighted by molar-refractivity contribution is 5.87. The van der Waals surface area contributed by atoms with Gasteiger partial charge >= 0.3 is 0 Å². The Labute approximate surface area is 196 Å². The Bertz CT molecular complexity index is 1570. The van der Waals surface area contributed by atoms with E-state index in [0.717, 1.165) is 22.3 Å². The molecule has 0 bridgehead atoms. The molecule has 34 heavy (non-hydrogen) atoms. The average molecular weight is 450 g/mol. The van der Waals surface area contributed by atoms with E-state index in [9.17, 15) is 4.79 Å². The Morgan fingerprint density at radius 2 is 1.85 bits per heavy atom. The van der Waals surface area contributed by atoms with Crippen LogP contribution in [0.4, 0.5) is 0 Å². The highest BCUT2D eigenvalue weighted by atomic mass is 16.5. The van der Waals surface area contributed by atoms with Crippen molar-refractivity contribution in [2.24, 2.45) is 0 Å². The van der Waals surface area contributed by atoms with Crippen molar-refractivity contribution in [1.29, 1.82) is 0 Å². The van der Waals surface area contributed by atoms with Crippen LogP contribution in [0.2, 0.25) is 0 Å². The quantitative estimate of drug-likeness (QED) is 0.317. The summed E-state index contributed by atoms with van der Waals surface area (Å²) in [6.07, 6.45) is 5.24. The van der Waals surface area contributed by atoms with Gasteiger partial charge in [-0.25, -0.2) is 4.98 Å². The lowest BCUT2D eigenvalue weighted by atomic mass is 10.1. The highest BCUT2D eigenvalue weighted by Crippen LogP contribution is 2.27. The minimum absolute atomic E-state index is 0.152. The van der Waals surface area contributed by atoms with Crippen LogP contribution < -0.4 is 14.9 Å². The van der Waals surface area contributed by atoms with E-state index in [2.05, 4.69) is 4.98 Å². The number of pyridine rings is 2. The molecule has 3 aromatic heterocycles. The fourth-order valence-corrected chi connectivity index (χ4v) is 3.82. The Morgan fingerprint density at radius 1 is 0.971 bits per heavy atom. The Balaban J connectivity index is 1.64. The summed E-state index contributed by atoms with van der Waals surface area (Å²) in [6.45, 7) is 2.43. The SMILES string of the molecule is CCOc1ccc2c(=O)c(-c3ccccn3)c(C=Cc3ccc4cc(OC)ccc4n3)oc2c1. The van der Waals surface area contributed by atoms with Gasteiger partial charge in [0.05, 0.1) is 41.6 Å². The number of rotatable bonds is 6. The molecule has 0 unspecified atom stereocenters. The van der Waals surface area contributed by atoms with Crippen LogP contribution in [0.25, 0.3) is 45.3 Å². The summed E-state index contributed by atoms with van der Waals surface area (Å²) in [5.74, 6) is 1.83. The summed E-state index contributed by atoms with van der Waals surface area (Å²) in [5, 5.41) is 1.45. The summed E-state index contributed by atoms with van der Waals surface area (Å²) in [7, 11) is 1.64. The van der Waals surface area contributed by atoms with E-state index in [1.807, 2.05) is 55.5 Å². The number of aromatic nitrogens is 2. The third-order valence-electron chi connectivity index (χ3n) is 5.45. The van der Waals surface area contributed by atoms with Crippen molar-refractivity contribution in [3.63, 3.8) is 0 Å². The molecular weight excluding hydrogens is 428 g/mol. The first-order valence-electron chi connectivity index (χ1n) is 10.9. The molecule has 0 fully saturated rings. The van der Waals surface area contributed by atoms with E-state index in [-0.39, 0.29) is 5.43 Å². The second-order valence-corrected chi connectivity index (χ2v) is 7.60. The van der Waals surface area contributed by atoms with Gasteiger partial charge in [-0.05, 0) is 67.6 Å². The number of fused-ring (bicyclic) bond motifs is 2. The van der Waals surface area contributed by atoms with Crippen LogP contribution in [-0.4, -0.2) is 23.7 Å². The van der Waals surface area contributed by atoms with Crippen molar-refractivity contribution in [3.05, 3.63) is 94.6 Å². The summed E-state index contributed by atoms with van der Waals surface area (Å²) < 4.78 is 17.1.